The number of benzene rings is 2. The van der Waals surface area contributed by atoms with Crippen LogP contribution in [0.2, 0.25) is 10.0 Å². The maximum absolute atomic E-state index is 12.2. The molecule has 9 heteroatoms. The first kappa shape index (κ1) is 18.7. The van der Waals surface area contributed by atoms with Crippen LogP contribution < -0.4 is 0 Å². The van der Waals surface area contributed by atoms with Gasteiger partial charge in [0.1, 0.15) is 6.61 Å². The summed E-state index contributed by atoms with van der Waals surface area (Å²) >= 11 is 11.8. The quantitative estimate of drug-likeness (QED) is 0.311. The number of ether oxygens (including phenoxy) is 2. The lowest BCUT2D eigenvalue weighted by Crippen LogP contribution is -2.18. The molecule has 0 aliphatic rings. The molecule has 0 aliphatic heterocycles. The number of halogens is 2. The number of hydrogen-bond donors (Lipinski definition) is 0. The highest BCUT2D eigenvalue weighted by atomic mass is 35.5. The van der Waals surface area contributed by atoms with Crippen LogP contribution >= 0.6 is 23.2 Å². The maximum Gasteiger partial charge on any atom is 0.352 e. The predicted octanol–water partition coefficient (Wildman–Crippen LogP) is 3.86. The number of nitro groups is 1. The highest BCUT2D eigenvalue weighted by Crippen LogP contribution is 2.24. The molecule has 0 bridgehead atoms. The van der Waals surface area contributed by atoms with Crippen molar-refractivity contribution in [2.75, 3.05) is 0 Å². The average molecular weight is 384 g/mol. The SMILES string of the molecule is O=COC(C(=O)OCc1ccc(Cl)cc1Cl)c1ccc([N+](=O)[O-])cc1. The molecule has 0 saturated heterocycles. The van der Waals surface area contributed by atoms with E-state index in [-0.39, 0.29) is 24.3 Å². The van der Waals surface area contributed by atoms with E-state index in [1.54, 1.807) is 12.1 Å². The third-order valence-corrected chi connectivity index (χ3v) is 3.78. The lowest BCUT2D eigenvalue weighted by molar-refractivity contribution is -0.384. The third-order valence-electron chi connectivity index (χ3n) is 3.20. The zero-order valence-electron chi connectivity index (χ0n) is 12.6. The van der Waals surface area contributed by atoms with Crippen molar-refractivity contribution in [3.05, 3.63) is 73.8 Å². The Morgan fingerprint density at radius 3 is 2.44 bits per heavy atom. The first-order valence-electron chi connectivity index (χ1n) is 6.86. The molecule has 1 atom stereocenters. The topological polar surface area (TPSA) is 95.7 Å². The molecule has 7 nitrogen and oxygen atoms in total. The van der Waals surface area contributed by atoms with E-state index in [4.69, 9.17) is 32.7 Å². The van der Waals surface area contributed by atoms with Crippen molar-refractivity contribution in [2.24, 2.45) is 0 Å². The average Bonchev–Trinajstić information content (AvgIpc) is 2.58. The van der Waals surface area contributed by atoms with Gasteiger partial charge in [0, 0.05) is 33.3 Å². The lowest BCUT2D eigenvalue weighted by atomic mass is 10.1. The van der Waals surface area contributed by atoms with Crippen LogP contribution in [0, 0.1) is 10.1 Å². The molecule has 0 spiro atoms. The van der Waals surface area contributed by atoms with E-state index in [1.807, 2.05) is 0 Å². The Hall–Kier alpha value is -2.64. The second kappa shape index (κ2) is 8.46. The Balaban J connectivity index is 2.11. The number of hydrogen-bond acceptors (Lipinski definition) is 6. The highest BCUT2D eigenvalue weighted by molar-refractivity contribution is 6.35. The van der Waals surface area contributed by atoms with Crippen LogP contribution in [0.15, 0.2) is 42.5 Å². The molecule has 2 rings (SSSR count). The van der Waals surface area contributed by atoms with Crippen LogP contribution in [0.3, 0.4) is 0 Å². The van der Waals surface area contributed by atoms with E-state index >= 15 is 0 Å². The van der Waals surface area contributed by atoms with E-state index in [9.17, 15) is 19.7 Å². The number of nitro benzene ring substituents is 1. The van der Waals surface area contributed by atoms with Gasteiger partial charge in [0.2, 0.25) is 6.10 Å². The van der Waals surface area contributed by atoms with Gasteiger partial charge in [-0.3, -0.25) is 14.9 Å². The second-order valence-electron chi connectivity index (χ2n) is 4.80. The van der Waals surface area contributed by atoms with E-state index in [0.717, 1.165) is 0 Å². The molecule has 0 heterocycles. The normalized spacial score (nSPS) is 11.4. The molecule has 130 valence electrons. The second-order valence-corrected chi connectivity index (χ2v) is 5.65. The maximum atomic E-state index is 12.2. The Bertz CT molecular complexity index is 794. The molecule has 0 aliphatic carbocycles. The van der Waals surface area contributed by atoms with Crippen LogP contribution in [-0.2, 0) is 25.7 Å². The number of rotatable bonds is 7. The summed E-state index contributed by atoms with van der Waals surface area (Å²) < 4.78 is 9.86. The van der Waals surface area contributed by atoms with Gasteiger partial charge < -0.3 is 9.47 Å². The van der Waals surface area contributed by atoms with Gasteiger partial charge in [-0.2, -0.15) is 0 Å². The molecular formula is C16H11Cl2NO6. The van der Waals surface area contributed by atoms with Crippen molar-refractivity contribution in [3.8, 4) is 0 Å². The molecule has 0 saturated carbocycles. The minimum atomic E-state index is -1.34. The van der Waals surface area contributed by atoms with Gasteiger partial charge in [0.05, 0.1) is 4.92 Å². The Labute approximate surface area is 152 Å². The molecule has 2 aromatic carbocycles. The van der Waals surface area contributed by atoms with Gasteiger partial charge in [-0.05, 0) is 24.3 Å². The summed E-state index contributed by atoms with van der Waals surface area (Å²) in [7, 11) is 0. The summed E-state index contributed by atoms with van der Waals surface area (Å²) in [5, 5.41) is 11.4. The van der Waals surface area contributed by atoms with Crippen molar-refractivity contribution >= 4 is 41.3 Å². The Morgan fingerprint density at radius 2 is 1.88 bits per heavy atom. The van der Waals surface area contributed by atoms with Crippen LogP contribution in [0.5, 0.6) is 0 Å². The van der Waals surface area contributed by atoms with Crippen LogP contribution in [-0.4, -0.2) is 17.4 Å². The molecular weight excluding hydrogens is 373 g/mol. The summed E-state index contributed by atoms with van der Waals surface area (Å²) in [5.41, 5.74) is 0.604. The highest BCUT2D eigenvalue weighted by Gasteiger charge is 2.25. The van der Waals surface area contributed by atoms with Gasteiger partial charge >= 0.3 is 5.97 Å². The Morgan fingerprint density at radius 1 is 1.20 bits per heavy atom. The number of esters is 1. The molecule has 25 heavy (non-hydrogen) atoms. The van der Waals surface area contributed by atoms with Gasteiger partial charge in [-0.1, -0.05) is 29.3 Å². The standard InChI is InChI=1S/C16H11Cl2NO6/c17-12-4-1-11(14(18)7-12)8-24-16(21)15(25-9-20)10-2-5-13(6-3-10)19(22)23/h1-7,9,15H,8H2. The monoisotopic (exact) mass is 383 g/mol. The van der Waals surface area contributed by atoms with Crippen LogP contribution in [0.1, 0.15) is 17.2 Å². The number of carbonyl (C=O) groups excluding carboxylic acids is 2. The van der Waals surface area contributed by atoms with Crippen LogP contribution in [0.25, 0.3) is 0 Å². The smallest absolute Gasteiger partial charge is 0.352 e. The fraction of sp³-hybridized carbons (Fsp3) is 0.125. The molecule has 0 N–H and O–H groups in total. The molecule has 0 aromatic heterocycles. The molecule has 1 unspecified atom stereocenters. The van der Waals surface area contributed by atoms with Gasteiger partial charge in [-0.15, -0.1) is 0 Å². The summed E-state index contributed by atoms with van der Waals surface area (Å²) in [6.07, 6.45) is -1.34. The van der Waals surface area contributed by atoms with Crippen molar-refractivity contribution in [2.45, 2.75) is 12.7 Å². The van der Waals surface area contributed by atoms with E-state index in [1.165, 1.54) is 30.3 Å². The van der Waals surface area contributed by atoms with E-state index in [0.29, 0.717) is 15.6 Å². The van der Waals surface area contributed by atoms with Gasteiger partial charge in [-0.25, -0.2) is 4.79 Å². The zero-order valence-corrected chi connectivity index (χ0v) is 14.1. The summed E-state index contributed by atoms with van der Waals surface area (Å²) in [5.74, 6) is -0.841. The minimum Gasteiger partial charge on any atom is -0.458 e. The number of nitrogens with zero attached hydrogens (tertiary/aromatic N) is 1. The largest absolute Gasteiger partial charge is 0.458 e. The molecule has 0 radical (unpaired) electrons. The van der Waals surface area contributed by atoms with E-state index in [2.05, 4.69) is 0 Å². The summed E-state index contributed by atoms with van der Waals surface area (Å²) in [6, 6.07) is 9.69. The van der Waals surface area contributed by atoms with Crippen molar-refractivity contribution in [1.29, 1.82) is 0 Å². The van der Waals surface area contributed by atoms with Gasteiger partial charge in [0.25, 0.3) is 12.2 Å². The number of carbonyl (C=O) groups is 2. The van der Waals surface area contributed by atoms with Crippen molar-refractivity contribution in [3.63, 3.8) is 0 Å². The third kappa shape index (κ3) is 4.91. The first-order chi connectivity index (χ1) is 11.9. The minimum absolute atomic E-state index is 0.0998. The number of non-ortho nitro benzene ring substituents is 1. The van der Waals surface area contributed by atoms with Gasteiger partial charge in [0.15, 0.2) is 0 Å². The van der Waals surface area contributed by atoms with Crippen molar-refractivity contribution < 1.29 is 24.0 Å². The summed E-state index contributed by atoms with van der Waals surface area (Å²) in [6.45, 7) is -0.0524. The van der Waals surface area contributed by atoms with Crippen LogP contribution in [0.4, 0.5) is 5.69 Å². The fourth-order valence-corrected chi connectivity index (χ4v) is 2.42. The Kier molecular flexibility index (Phi) is 6.32. The zero-order chi connectivity index (χ0) is 18.4. The lowest BCUT2D eigenvalue weighted by Gasteiger charge is -2.15. The first-order valence-corrected chi connectivity index (χ1v) is 7.62. The fourth-order valence-electron chi connectivity index (χ4n) is 1.96. The van der Waals surface area contributed by atoms with E-state index < -0.39 is 17.0 Å². The predicted molar refractivity (Wildman–Crippen MR) is 89.2 cm³/mol. The molecule has 2 aromatic rings. The molecule has 0 fully saturated rings. The molecule has 0 amide bonds. The van der Waals surface area contributed by atoms with Crippen molar-refractivity contribution in [1.82, 2.24) is 0 Å². The summed E-state index contributed by atoms with van der Waals surface area (Å²) in [4.78, 5) is 32.9.